The minimum atomic E-state index is -0.797. The second-order valence-corrected chi connectivity index (χ2v) is 7.77. The van der Waals surface area contributed by atoms with E-state index in [1.807, 2.05) is 24.3 Å². The van der Waals surface area contributed by atoms with Crippen LogP contribution in [0.1, 0.15) is 22.5 Å². The molecule has 1 aliphatic carbocycles. The van der Waals surface area contributed by atoms with Crippen LogP contribution in [0.4, 0.5) is 10.5 Å². The van der Waals surface area contributed by atoms with Crippen molar-refractivity contribution in [2.75, 3.05) is 12.8 Å². The van der Waals surface area contributed by atoms with Crippen molar-refractivity contribution in [2.45, 2.75) is 31.2 Å². The molecule has 0 saturated carbocycles. The Morgan fingerprint density at radius 3 is 2.64 bits per heavy atom. The Bertz CT molecular complexity index is 1090. The van der Waals surface area contributed by atoms with Gasteiger partial charge in [-0.15, -0.1) is 0 Å². The lowest BCUT2D eigenvalue weighted by molar-refractivity contribution is -0.125. The Labute approximate surface area is 161 Å². The molecule has 1 fully saturated rings. The van der Waals surface area contributed by atoms with Crippen LogP contribution in [0.2, 0.25) is 0 Å². The first-order chi connectivity index (χ1) is 13.4. The number of amides is 3. The number of anilines is 1. The number of carbonyl (C=O) groups excluding carboxylic acids is 2. The number of imide groups is 1. The van der Waals surface area contributed by atoms with Crippen molar-refractivity contribution < 1.29 is 9.59 Å². The number of benzene rings is 2. The number of nitrogens with zero attached hydrogens (tertiary/aromatic N) is 2. The largest absolute Gasteiger partial charge is 0.399 e. The Kier molecular flexibility index (Phi) is 3.49. The number of imidazole rings is 1. The van der Waals surface area contributed by atoms with Crippen molar-refractivity contribution in [3.63, 3.8) is 0 Å². The molecule has 1 spiro atoms. The van der Waals surface area contributed by atoms with Gasteiger partial charge in [0.2, 0.25) is 0 Å². The molecule has 0 radical (unpaired) electrons. The molecule has 7 nitrogen and oxygen atoms in total. The fraction of sp³-hybridized carbons (Fsp3) is 0.286. The van der Waals surface area contributed by atoms with Crippen molar-refractivity contribution >= 4 is 28.7 Å². The summed E-state index contributed by atoms with van der Waals surface area (Å²) in [5, 5.41) is 2.43. The van der Waals surface area contributed by atoms with Crippen molar-refractivity contribution in [3.05, 3.63) is 58.9 Å². The number of aromatic nitrogens is 2. The Balaban J connectivity index is 1.40. The van der Waals surface area contributed by atoms with E-state index in [9.17, 15) is 9.59 Å². The number of fused-ring (bicyclic) bond motifs is 2. The lowest BCUT2D eigenvalue weighted by Gasteiger charge is -2.27. The van der Waals surface area contributed by atoms with Crippen molar-refractivity contribution in [1.29, 1.82) is 0 Å². The maximum Gasteiger partial charge on any atom is 0.324 e. The second kappa shape index (κ2) is 5.82. The van der Waals surface area contributed by atoms with E-state index < -0.39 is 5.54 Å². The molecule has 3 amide bonds. The van der Waals surface area contributed by atoms with Crippen LogP contribution in [-0.2, 0) is 30.5 Å². The lowest BCUT2D eigenvalue weighted by atomic mass is 9.95. The van der Waals surface area contributed by atoms with Gasteiger partial charge in [0.15, 0.2) is 0 Å². The smallest absolute Gasteiger partial charge is 0.324 e. The van der Waals surface area contributed by atoms with E-state index in [0.29, 0.717) is 12.8 Å². The maximum absolute atomic E-state index is 12.4. The van der Waals surface area contributed by atoms with E-state index in [0.717, 1.165) is 46.5 Å². The van der Waals surface area contributed by atoms with Crippen LogP contribution in [0.15, 0.2) is 36.4 Å². The highest BCUT2D eigenvalue weighted by atomic mass is 16.2. The number of carbonyl (C=O) groups is 2. The summed E-state index contributed by atoms with van der Waals surface area (Å²) >= 11 is 0. The van der Waals surface area contributed by atoms with Gasteiger partial charge in [-0.25, -0.2) is 9.78 Å². The van der Waals surface area contributed by atoms with Crippen molar-refractivity contribution in [3.8, 4) is 0 Å². The fourth-order valence-corrected chi connectivity index (χ4v) is 4.39. The SMILES string of the molecule is CN1C(=O)NC(=O)C12Cc1cc3nc(CCc4cccc(N)c4)[nH]c3cc1C2. The molecule has 1 aliphatic heterocycles. The molecule has 5 rings (SSSR count). The maximum atomic E-state index is 12.4. The van der Waals surface area contributed by atoms with E-state index in [1.54, 1.807) is 7.05 Å². The minimum Gasteiger partial charge on any atom is -0.399 e. The summed E-state index contributed by atoms with van der Waals surface area (Å²) in [7, 11) is 1.69. The van der Waals surface area contributed by atoms with Gasteiger partial charge >= 0.3 is 6.03 Å². The van der Waals surface area contributed by atoms with Crippen molar-refractivity contribution in [2.24, 2.45) is 0 Å². The van der Waals surface area contributed by atoms with Crippen LogP contribution in [-0.4, -0.2) is 39.4 Å². The van der Waals surface area contributed by atoms with Gasteiger partial charge in [0, 0.05) is 32.0 Å². The van der Waals surface area contributed by atoms with Gasteiger partial charge in [0.05, 0.1) is 11.0 Å². The molecule has 1 aromatic heterocycles. The second-order valence-electron chi connectivity index (χ2n) is 7.77. The Hall–Kier alpha value is -3.35. The average molecular weight is 375 g/mol. The van der Waals surface area contributed by atoms with E-state index in [-0.39, 0.29) is 11.9 Å². The number of hydrogen-bond acceptors (Lipinski definition) is 4. The monoisotopic (exact) mass is 375 g/mol. The molecule has 1 atom stereocenters. The number of urea groups is 1. The molecule has 4 N–H and O–H groups in total. The molecule has 2 aromatic carbocycles. The highest BCUT2D eigenvalue weighted by Crippen LogP contribution is 2.38. The first kappa shape index (κ1) is 16.8. The number of nitrogens with one attached hydrogen (secondary N) is 2. The molecule has 28 heavy (non-hydrogen) atoms. The van der Waals surface area contributed by atoms with E-state index in [4.69, 9.17) is 10.7 Å². The molecular formula is C21H21N5O2. The fourth-order valence-electron chi connectivity index (χ4n) is 4.39. The quantitative estimate of drug-likeness (QED) is 0.481. The molecule has 1 saturated heterocycles. The molecule has 1 unspecified atom stereocenters. The first-order valence-corrected chi connectivity index (χ1v) is 9.39. The molecular weight excluding hydrogens is 354 g/mol. The standard InChI is InChI=1S/C21H21N5O2/c1-26-20(28)25-19(27)21(26)10-13-8-16-17(9-14(13)11-21)24-18(23-16)6-5-12-3-2-4-15(22)7-12/h2-4,7-9H,5-6,10-11,22H2,1H3,(H,23,24)(H,25,27,28). The third-order valence-corrected chi connectivity index (χ3v) is 6.01. The molecule has 3 aromatic rings. The summed E-state index contributed by atoms with van der Waals surface area (Å²) < 4.78 is 0. The summed E-state index contributed by atoms with van der Waals surface area (Å²) in [6.45, 7) is 0. The van der Waals surface area contributed by atoms with Gasteiger partial charge in [0.25, 0.3) is 5.91 Å². The zero-order chi connectivity index (χ0) is 19.5. The number of nitrogen functional groups attached to an aromatic ring is 1. The average Bonchev–Trinajstić information content (AvgIpc) is 3.29. The van der Waals surface area contributed by atoms with Crippen LogP contribution >= 0.6 is 0 Å². The van der Waals surface area contributed by atoms with Gasteiger partial charge in [-0.1, -0.05) is 12.1 Å². The molecule has 2 aliphatic rings. The van der Waals surface area contributed by atoms with Crippen LogP contribution in [0.5, 0.6) is 0 Å². The number of hydrogen-bond donors (Lipinski definition) is 3. The van der Waals surface area contributed by atoms with Gasteiger partial charge in [0.1, 0.15) is 11.4 Å². The predicted molar refractivity (Wildman–Crippen MR) is 106 cm³/mol. The lowest BCUT2D eigenvalue weighted by Crippen LogP contribution is -2.48. The first-order valence-electron chi connectivity index (χ1n) is 9.39. The Morgan fingerprint density at radius 2 is 1.93 bits per heavy atom. The van der Waals surface area contributed by atoms with Crippen LogP contribution in [0.25, 0.3) is 11.0 Å². The third kappa shape index (κ3) is 2.46. The van der Waals surface area contributed by atoms with Crippen LogP contribution in [0.3, 0.4) is 0 Å². The van der Waals surface area contributed by atoms with E-state index >= 15 is 0 Å². The molecule has 0 bridgehead atoms. The number of rotatable bonds is 3. The van der Waals surface area contributed by atoms with Crippen LogP contribution in [0, 0.1) is 0 Å². The number of aryl methyl sites for hydroxylation is 2. The van der Waals surface area contributed by atoms with E-state index in [2.05, 4.69) is 22.4 Å². The normalized spacial score (nSPS) is 17.5. The van der Waals surface area contributed by atoms with Gasteiger partial charge in [-0.05, 0) is 47.4 Å². The number of aromatic amines is 1. The topological polar surface area (TPSA) is 104 Å². The Morgan fingerprint density at radius 1 is 1.14 bits per heavy atom. The summed E-state index contributed by atoms with van der Waals surface area (Å²) in [5.41, 5.74) is 11.0. The summed E-state index contributed by atoms with van der Waals surface area (Å²) in [6, 6.07) is 11.7. The molecule has 142 valence electrons. The van der Waals surface area contributed by atoms with Crippen LogP contribution < -0.4 is 11.1 Å². The number of likely N-dealkylation sites (N-methyl/N-ethyl adjacent to an activating group) is 1. The minimum absolute atomic E-state index is 0.212. The van der Waals surface area contributed by atoms with Gasteiger partial charge < -0.3 is 15.6 Å². The summed E-state index contributed by atoms with van der Waals surface area (Å²) in [6.07, 6.45) is 2.72. The highest BCUT2D eigenvalue weighted by molar-refractivity contribution is 6.07. The van der Waals surface area contributed by atoms with Gasteiger partial charge in [-0.2, -0.15) is 0 Å². The third-order valence-electron chi connectivity index (χ3n) is 6.01. The van der Waals surface area contributed by atoms with E-state index in [1.165, 1.54) is 10.5 Å². The number of H-pyrrole nitrogens is 1. The van der Waals surface area contributed by atoms with Crippen molar-refractivity contribution in [1.82, 2.24) is 20.2 Å². The molecule has 7 heteroatoms. The predicted octanol–water partition coefficient (Wildman–Crippen LogP) is 1.95. The zero-order valence-corrected chi connectivity index (χ0v) is 15.6. The number of nitrogens with two attached hydrogens (primary N) is 1. The highest BCUT2D eigenvalue weighted by Gasteiger charge is 2.54. The summed E-state index contributed by atoms with van der Waals surface area (Å²) in [5.74, 6) is 0.720. The summed E-state index contributed by atoms with van der Waals surface area (Å²) in [4.78, 5) is 34.0. The van der Waals surface area contributed by atoms with Gasteiger partial charge in [-0.3, -0.25) is 10.1 Å². The zero-order valence-electron chi connectivity index (χ0n) is 15.6. The molecule has 2 heterocycles.